The van der Waals surface area contributed by atoms with E-state index in [0.717, 1.165) is 17.0 Å². The van der Waals surface area contributed by atoms with Crippen molar-refractivity contribution in [1.29, 1.82) is 0 Å². The number of fused-ring (bicyclic) bond motifs is 1. The van der Waals surface area contributed by atoms with E-state index in [0.29, 0.717) is 6.42 Å². The summed E-state index contributed by atoms with van der Waals surface area (Å²) in [6.07, 6.45) is -1.73. The zero-order chi connectivity index (χ0) is 9.42. The lowest BCUT2D eigenvalue weighted by atomic mass is 10.0. The largest absolute Gasteiger partial charge is 0.245 e. The minimum atomic E-state index is -2.24. The quantitative estimate of drug-likeness (QED) is 0.623. The molecule has 0 nitrogen and oxygen atoms in total. The number of rotatable bonds is 1. The van der Waals surface area contributed by atoms with Gasteiger partial charge < -0.3 is 0 Å². The van der Waals surface area contributed by atoms with Gasteiger partial charge in [-0.3, -0.25) is 0 Å². The van der Waals surface area contributed by atoms with Gasteiger partial charge in [0.15, 0.2) is 0 Å². The lowest BCUT2D eigenvalue weighted by Gasteiger charge is -2.08. The van der Waals surface area contributed by atoms with E-state index in [1.807, 2.05) is 31.2 Å². The van der Waals surface area contributed by atoms with Gasteiger partial charge in [-0.25, -0.2) is 8.78 Å². The van der Waals surface area contributed by atoms with Gasteiger partial charge in [0.1, 0.15) is 0 Å². The number of alkyl halides is 2. The number of hydrogen-bond acceptors (Lipinski definition) is 0. The maximum atomic E-state index is 12.6. The molecule has 1 atom stereocenters. The fraction of sp³-hybridized carbons (Fsp3) is 0.364. The molecule has 2 rings (SSSR count). The first-order valence-electron chi connectivity index (χ1n) is 4.40. The predicted octanol–water partition coefficient (Wildman–Crippen LogP) is 3.38. The lowest BCUT2D eigenvalue weighted by Crippen LogP contribution is -2.04. The Labute approximate surface area is 76.6 Å². The highest BCUT2D eigenvalue weighted by atomic mass is 19.3. The first-order valence-corrected chi connectivity index (χ1v) is 4.40. The van der Waals surface area contributed by atoms with Gasteiger partial charge in [0, 0.05) is 11.8 Å². The third-order valence-electron chi connectivity index (χ3n) is 2.65. The molecular weight excluding hydrogens is 170 g/mol. The van der Waals surface area contributed by atoms with Crippen LogP contribution in [-0.2, 0) is 0 Å². The van der Waals surface area contributed by atoms with Crippen molar-refractivity contribution in [1.82, 2.24) is 0 Å². The topological polar surface area (TPSA) is 0 Å². The van der Waals surface area contributed by atoms with Crippen LogP contribution >= 0.6 is 0 Å². The normalized spacial score (nSPS) is 22.3. The second kappa shape index (κ2) is 3.09. The summed E-state index contributed by atoms with van der Waals surface area (Å²) in [6.45, 7) is 1.93. The van der Waals surface area contributed by atoms with Crippen molar-refractivity contribution in [3.8, 4) is 0 Å². The Kier molecular flexibility index (Phi) is 2.06. The van der Waals surface area contributed by atoms with Crippen LogP contribution in [0.3, 0.4) is 0 Å². The van der Waals surface area contributed by atoms with E-state index in [-0.39, 0.29) is 0 Å². The average molecular weight is 181 g/mol. The molecule has 0 amide bonds. The van der Waals surface area contributed by atoms with E-state index < -0.39 is 12.3 Å². The fourth-order valence-electron chi connectivity index (χ4n) is 1.98. The zero-order valence-electron chi connectivity index (χ0n) is 7.43. The molecule has 69 valence electrons. The minimum absolute atomic E-state index is 0.511. The molecule has 1 unspecified atom stereocenters. The lowest BCUT2D eigenvalue weighted by molar-refractivity contribution is 0.115. The smallest absolute Gasteiger partial charge is 0.210 e. The molecule has 0 bridgehead atoms. The van der Waals surface area contributed by atoms with Gasteiger partial charge in [0.05, 0.1) is 0 Å². The van der Waals surface area contributed by atoms with E-state index in [1.54, 1.807) is 0 Å². The summed E-state index contributed by atoms with van der Waals surface area (Å²) in [5, 5.41) is 0. The molecule has 1 aromatic rings. The highest BCUT2D eigenvalue weighted by molar-refractivity contribution is 5.46. The summed E-state index contributed by atoms with van der Waals surface area (Å²) in [5.74, 6) is 0.511. The molecule has 2 heteroatoms. The third-order valence-corrected chi connectivity index (χ3v) is 2.65. The van der Waals surface area contributed by atoms with Gasteiger partial charge in [-0.15, -0.1) is 0 Å². The molecule has 0 aromatic heterocycles. The standard InChI is InChI=1S/C11H11F2/c1-7-6-10(11(12)13)9-5-3-2-4-8(7)9/h2-5,10-11H,6H2,1H3. The molecular formula is C11H11F2. The summed E-state index contributed by atoms with van der Waals surface area (Å²) in [6, 6.07) is 7.46. The molecule has 1 aliphatic rings. The molecule has 0 saturated carbocycles. The summed E-state index contributed by atoms with van der Waals surface area (Å²) in [7, 11) is 0. The maximum absolute atomic E-state index is 12.6. The van der Waals surface area contributed by atoms with Crippen LogP contribution < -0.4 is 0 Å². The molecule has 1 aliphatic carbocycles. The van der Waals surface area contributed by atoms with Crippen molar-refractivity contribution >= 4 is 0 Å². The van der Waals surface area contributed by atoms with Crippen LogP contribution in [0.4, 0.5) is 8.78 Å². The fourth-order valence-corrected chi connectivity index (χ4v) is 1.98. The number of benzene rings is 1. The van der Waals surface area contributed by atoms with Crippen LogP contribution in [0.15, 0.2) is 24.3 Å². The Hall–Kier alpha value is -0.920. The van der Waals surface area contributed by atoms with Gasteiger partial charge in [0.2, 0.25) is 6.43 Å². The Morgan fingerprint density at radius 3 is 2.69 bits per heavy atom. The first kappa shape index (κ1) is 8.67. The SMILES string of the molecule is C[C]1CC(C(F)F)c2ccccc21. The third kappa shape index (κ3) is 1.34. The van der Waals surface area contributed by atoms with Crippen molar-refractivity contribution in [3.05, 3.63) is 41.3 Å². The van der Waals surface area contributed by atoms with E-state index in [2.05, 4.69) is 0 Å². The average Bonchev–Trinajstić information content (AvgIpc) is 2.45. The van der Waals surface area contributed by atoms with Crippen LogP contribution in [0.2, 0.25) is 0 Å². The molecule has 13 heavy (non-hydrogen) atoms. The van der Waals surface area contributed by atoms with Gasteiger partial charge in [0.25, 0.3) is 0 Å². The van der Waals surface area contributed by atoms with E-state index in [1.165, 1.54) is 0 Å². The molecule has 0 aliphatic heterocycles. The number of halogens is 2. The maximum Gasteiger partial charge on any atom is 0.245 e. The molecule has 0 saturated heterocycles. The highest BCUT2D eigenvalue weighted by Crippen LogP contribution is 2.43. The molecule has 0 spiro atoms. The molecule has 0 heterocycles. The zero-order valence-corrected chi connectivity index (χ0v) is 7.43. The van der Waals surface area contributed by atoms with Crippen LogP contribution in [0, 0.1) is 5.92 Å². The Morgan fingerprint density at radius 2 is 2.00 bits per heavy atom. The van der Waals surface area contributed by atoms with Crippen LogP contribution in [0.5, 0.6) is 0 Å². The van der Waals surface area contributed by atoms with Crippen LogP contribution in [-0.4, -0.2) is 6.43 Å². The van der Waals surface area contributed by atoms with E-state index in [9.17, 15) is 8.78 Å². The Morgan fingerprint density at radius 1 is 1.31 bits per heavy atom. The summed E-state index contributed by atoms with van der Waals surface area (Å²) in [5.41, 5.74) is 1.84. The minimum Gasteiger partial charge on any atom is -0.210 e. The molecule has 0 fully saturated rings. The molecule has 0 N–H and O–H groups in total. The highest BCUT2D eigenvalue weighted by Gasteiger charge is 2.33. The predicted molar refractivity (Wildman–Crippen MR) is 47.8 cm³/mol. The summed E-state index contributed by atoms with van der Waals surface area (Å²) in [4.78, 5) is 0. The van der Waals surface area contributed by atoms with Gasteiger partial charge in [-0.1, -0.05) is 31.2 Å². The second-order valence-electron chi connectivity index (χ2n) is 3.51. The van der Waals surface area contributed by atoms with Crippen molar-refractivity contribution in [2.75, 3.05) is 0 Å². The van der Waals surface area contributed by atoms with E-state index >= 15 is 0 Å². The van der Waals surface area contributed by atoms with Crippen molar-refractivity contribution < 1.29 is 8.78 Å². The van der Waals surface area contributed by atoms with Crippen LogP contribution in [0.25, 0.3) is 0 Å². The first-order chi connectivity index (χ1) is 6.20. The second-order valence-corrected chi connectivity index (χ2v) is 3.51. The van der Waals surface area contributed by atoms with Crippen molar-refractivity contribution in [2.24, 2.45) is 0 Å². The Bertz CT molecular complexity index is 307. The summed E-state index contributed by atoms with van der Waals surface area (Å²) >= 11 is 0. The molecule has 1 radical (unpaired) electrons. The van der Waals surface area contributed by atoms with Gasteiger partial charge in [-0.2, -0.15) is 0 Å². The van der Waals surface area contributed by atoms with Crippen molar-refractivity contribution in [2.45, 2.75) is 25.7 Å². The van der Waals surface area contributed by atoms with E-state index in [4.69, 9.17) is 0 Å². The van der Waals surface area contributed by atoms with Gasteiger partial charge in [-0.05, 0) is 17.5 Å². The monoisotopic (exact) mass is 181 g/mol. The van der Waals surface area contributed by atoms with Gasteiger partial charge >= 0.3 is 0 Å². The van der Waals surface area contributed by atoms with Crippen LogP contribution in [0.1, 0.15) is 30.4 Å². The number of hydrogen-bond donors (Lipinski definition) is 0. The van der Waals surface area contributed by atoms with Crippen molar-refractivity contribution in [3.63, 3.8) is 0 Å². The summed E-state index contributed by atoms with van der Waals surface area (Å²) < 4.78 is 25.2. The Balaban J connectivity index is 2.41. The molecule has 1 aromatic carbocycles.